The zero-order valence-corrected chi connectivity index (χ0v) is 7.57. The smallest absolute Gasteiger partial charge is 0.423 e. The van der Waals surface area contributed by atoms with Crippen LogP contribution in [-0.4, -0.2) is 23.3 Å². The molecule has 0 unspecified atom stereocenters. The molecule has 3 nitrogen and oxygen atoms in total. The molecule has 1 atom stereocenters. The first-order chi connectivity index (χ1) is 6.82. The quantitative estimate of drug-likeness (QED) is 0.610. The summed E-state index contributed by atoms with van der Waals surface area (Å²) in [4.78, 5) is 0. The molecular weight excluding hydrogens is 210 g/mol. The summed E-state index contributed by atoms with van der Waals surface area (Å²) in [5.74, 6) is 0. The summed E-state index contributed by atoms with van der Waals surface area (Å²) in [6.07, 6.45) is -4.50. The van der Waals surface area contributed by atoms with E-state index in [1.54, 1.807) is 0 Å². The molecule has 0 saturated heterocycles. The highest BCUT2D eigenvalue weighted by molar-refractivity contribution is 6.58. The summed E-state index contributed by atoms with van der Waals surface area (Å²) in [6, 6.07) is 2.55. The third-order valence-electron chi connectivity index (χ3n) is 1.95. The minimum atomic E-state index is -4.50. The summed E-state index contributed by atoms with van der Waals surface area (Å²) >= 11 is 0. The van der Waals surface area contributed by atoms with Gasteiger partial charge in [0.2, 0.25) is 0 Å². The third kappa shape index (κ3) is 2.95. The van der Waals surface area contributed by atoms with Gasteiger partial charge in [0.25, 0.3) is 0 Å². The molecule has 0 aromatic heterocycles. The second kappa shape index (κ2) is 4.22. The van der Waals surface area contributed by atoms with E-state index in [0.29, 0.717) is 0 Å². The third-order valence-corrected chi connectivity index (χ3v) is 1.95. The molecule has 0 radical (unpaired) electrons. The van der Waals surface area contributed by atoms with Gasteiger partial charge in [-0.05, 0) is 11.0 Å². The molecule has 0 aliphatic carbocycles. The predicted octanol–water partition coefficient (Wildman–Crippen LogP) is -0.0715. The summed E-state index contributed by atoms with van der Waals surface area (Å²) in [6.45, 7) is 0. The lowest BCUT2D eigenvalue weighted by Crippen LogP contribution is -2.31. The number of hydrogen-bond donors (Lipinski definition) is 3. The van der Waals surface area contributed by atoms with Crippen molar-refractivity contribution in [2.75, 3.05) is 0 Å². The Hall–Kier alpha value is -1.05. The average Bonchev–Trinajstić information content (AvgIpc) is 2.15. The molecule has 1 rings (SSSR count). The van der Waals surface area contributed by atoms with Crippen molar-refractivity contribution < 1.29 is 23.2 Å². The fourth-order valence-electron chi connectivity index (χ4n) is 1.06. The van der Waals surface area contributed by atoms with E-state index in [0.717, 1.165) is 12.1 Å². The van der Waals surface area contributed by atoms with Gasteiger partial charge in [-0.25, -0.2) is 0 Å². The van der Waals surface area contributed by atoms with Gasteiger partial charge in [0.05, 0.1) is 0 Å². The van der Waals surface area contributed by atoms with E-state index in [1.165, 1.54) is 12.1 Å². The zero-order valence-electron chi connectivity index (χ0n) is 7.57. The van der Waals surface area contributed by atoms with Gasteiger partial charge >= 0.3 is 13.3 Å². The SMILES string of the molecule is N[C@@H](c1ccc(B(O)O)cc1)C(F)(F)F. The Bertz CT molecular complexity index is 326. The van der Waals surface area contributed by atoms with Gasteiger partial charge in [-0.1, -0.05) is 24.3 Å². The normalized spacial score (nSPS) is 13.7. The van der Waals surface area contributed by atoms with Gasteiger partial charge in [0, 0.05) is 0 Å². The van der Waals surface area contributed by atoms with Crippen LogP contribution in [0.5, 0.6) is 0 Å². The highest BCUT2D eigenvalue weighted by atomic mass is 19.4. The van der Waals surface area contributed by atoms with Gasteiger partial charge in [-0.15, -0.1) is 0 Å². The maximum Gasteiger partial charge on any atom is 0.488 e. The Balaban J connectivity index is 2.89. The van der Waals surface area contributed by atoms with Crippen LogP contribution < -0.4 is 11.2 Å². The molecule has 0 aliphatic heterocycles. The van der Waals surface area contributed by atoms with E-state index in [1.807, 2.05) is 0 Å². The van der Waals surface area contributed by atoms with Crippen molar-refractivity contribution in [1.82, 2.24) is 0 Å². The molecule has 0 heterocycles. The van der Waals surface area contributed by atoms with Gasteiger partial charge in [-0.3, -0.25) is 0 Å². The van der Waals surface area contributed by atoms with E-state index in [-0.39, 0.29) is 11.0 Å². The van der Waals surface area contributed by atoms with Crippen molar-refractivity contribution in [3.63, 3.8) is 0 Å². The number of benzene rings is 1. The van der Waals surface area contributed by atoms with Crippen LogP contribution in [0.4, 0.5) is 13.2 Å². The van der Waals surface area contributed by atoms with Crippen molar-refractivity contribution in [1.29, 1.82) is 0 Å². The molecule has 82 valence electrons. The summed E-state index contributed by atoms with van der Waals surface area (Å²) in [7, 11) is -1.69. The number of hydrogen-bond acceptors (Lipinski definition) is 3. The molecule has 0 saturated carbocycles. The van der Waals surface area contributed by atoms with Crippen molar-refractivity contribution >= 4 is 12.6 Å². The van der Waals surface area contributed by atoms with E-state index >= 15 is 0 Å². The predicted molar refractivity (Wildman–Crippen MR) is 49.3 cm³/mol. The van der Waals surface area contributed by atoms with E-state index in [9.17, 15) is 13.2 Å². The lowest BCUT2D eigenvalue weighted by molar-refractivity contribution is -0.149. The van der Waals surface area contributed by atoms with Crippen LogP contribution in [0.3, 0.4) is 0 Å². The van der Waals surface area contributed by atoms with Crippen molar-refractivity contribution in [2.24, 2.45) is 5.73 Å². The van der Waals surface area contributed by atoms with Crippen LogP contribution in [0.1, 0.15) is 11.6 Å². The largest absolute Gasteiger partial charge is 0.488 e. The Morgan fingerprint density at radius 1 is 1.13 bits per heavy atom. The molecule has 15 heavy (non-hydrogen) atoms. The minimum Gasteiger partial charge on any atom is -0.423 e. The topological polar surface area (TPSA) is 66.5 Å². The van der Waals surface area contributed by atoms with Gasteiger partial charge in [0.15, 0.2) is 0 Å². The van der Waals surface area contributed by atoms with Crippen molar-refractivity contribution in [3.05, 3.63) is 29.8 Å². The summed E-state index contributed by atoms with van der Waals surface area (Å²) in [5, 5.41) is 17.4. The van der Waals surface area contributed by atoms with Crippen LogP contribution >= 0.6 is 0 Å². The average molecular weight is 219 g/mol. The standard InChI is InChI=1S/C8H9BF3NO2/c10-8(11,12)7(13)5-1-3-6(4-2-5)9(14)15/h1-4,7,14-15H,13H2/t7-/m0/s1. The summed E-state index contributed by atoms with van der Waals surface area (Å²) < 4.78 is 36.5. The fraction of sp³-hybridized carbons (Fsp3) is 0.250. The number of rotatable bonds is 2. The van der Waals surface area contributed by atoms with Crippen LogP contribution in [0.25, 0.3) is 0 Å². The first-order valence-electron chi connectivity index (χ1n) is 4.10. The number of alkyl halides is 3. The zero-order chi connectivity index (χ0) is 11.6. The van der Waals surface area contributed by atoms with Crippen LogP contribution in [0.2, 0.25) is 0 Å². The van der Waals surface area contributed by atoms with E-state index in [4.69, 9.17) is 15.8 Å². The van der Waals surface area contributed by atoms with Crippen LogP contribution in [0.15, 0.2) is 24.3 Å². The van der Waals surface area contributed by atoms with Gasteiger partial charge in [0.1, 0.15) is 6.04 Å². The Morgan fingerprint density at radius 2 is 1.60 bits per heavy atom. The van der Waals surface area contributed by atoms with Gasteiger partial charge < -0.3 is 15.8 Å². The van der Waals surface area contributed by atoms with Crippen LogP contribution in [-0.2, 0) is 0 Å². The molecule has 0 bridgehead atoms. The highest BCUT2D eigenvalue weighted by Crippen LogP contribution is 2.29. The van der Waals surface area contributed by atoms with E-state index in [2.05, 4.69) is 0 Å². The Kier molecular flexibility index (Phi) is 3.38. The number of nitrogens with two attached hydrogens (primary N) is 1. The maximum atomic E-state index is 12.2. The van der Waals surface area contributed by atoms with Crippen LogP contribution in [0, 0.1) is 0 Å². The lowest BCUT2D eigenvalue weighted by atomic mass is 9.80. The Labute approximate surface area is 84.5 Å². The first-order valence-corrected chi connectivity index (χ1v) is 4.10. The molecule has 7 heteroatoms. The molecule has 0 amide bonds. The van der Waals surface area contributed by atoms with Crippen molar-refractivity contribution in [3.8, 4) is 0 Å². The van der Waals surface area contributed by atoms with E-state index < -0.39 is 19.3 Å². The lowest BCUT2D eigenvalue weighted by Gasteiger charge is -2.15. The monoisotopic (exact) mass is 219 g/mol. The van der Waals surface area contributed by atoms with Gasteiger partial charge in [-0.2, -0.15) is 13.2 Å². The molecule has 1 aromatic carbocycles. The molecular formula is C8H9BF3NO2. The fourth-order valence-corrected chi connectivity index (χ4v) is 1.06. The molecule has 0 aliphatic rings. The maximum absolute atomic E-state index is 12.2. The number of halogens is 3. The minimum absolute atomic E-state index is 0.119. The molecule has 4 N–H and O–H groups in total. The summed E-state index contributed by atoms with van der Waals surface area (Å²) in [5.41, 5.74) is 4.95. The Morgan fingerprint density at radius 3 is 1.93 bits per heavy atom. The second-order valence-corrected chi connectivity index (χ2v) is 3.06. The molecule has 1 aromatic rings. The molecule has 0 fully saturated rings. The van der Waals surface area contributed by atoms with Crippen molar-refractivity contribution in [2.45, 2.75) is 12.2 Å². The molecule has 0 spiro atoms. The second-order valence-electron chi connectivity index (χ2n) is 3.06. The highest BCUT2D eigenvalue weighted by Gasteiger charge is 2.37. The first kappa shape index (κ1) is 12.0.